The normalized spacial score (nSPS) is 11.4. The van der Waals surface area contributed by atoms with Crippen LogP contribution in [0.4, 0.5) is 0 Å². The molecule has 0 aromatic heterocycles. The summed E-state index contributed by atoms with van der Waals surface area (Å²) in [5, 5.41) is 9.07. The van der Waals surface area contributed by atoms with Gasteiger partial charge in [0, 0.05) is 0 Å². The van der Waals surface area contributed by atoms with Crippen LogP contribution in [-0.4, -0.2) is 39.1 Å². The van der Waals surface area contributed by atoms with E-state index in [1.807, 2.05) is 42.8 Å². The molecule has 0 saturated heterocycles. The van der Waals surface area contributed by atoms with E-state index >= 15 is 0 Å². The molecule has 2 aromatic carbocycles. The Kier molecular flexibility index (Phi) is 7.86. The van der Waals surface area contributed by atoms with Gasteiger partial charge in [-0.05, 0) is 72.2 Å². The van der Waals surface area contributed by atoms with Crippen LogP contribution in [-0.2, 0) is 21.2 Å². The number of hydrogen-bond acceptors (Lipinski definition) is 6. The summed E-state index contributed by atoms with van der Waals surface area (Å²) in [5.74, 6) is 0.721. The highest BCUT2D eigenvalue weighted by Crippen LogP contribution is 2.30. The molecule has 2 N–H and O–H groups in total. The SMILES string of the molecule is Cc1cc(OCC(=O)NS(C)(=O)=O)cc(C)c1Cc1ccc(OCO)c(C(C)C)c1. The minimum atomic E-state index is -3.60. The van der Waals surface area contributed by atoms with Crippen molar-refractivity contribution in [3.8, 4) is 11.5 Å². The Morgan fingerprint density at radius 2 is 1.73 bits per heavy atom. The van der Waals surface area contributed by atoms with Crippen LogP contribution in [0, 0.1) is 13.8 Å². The fraction of sp³-hybridized carbons (Fsp3) is 0.409. The molecule has 164 valence electrons. The number of sulfonamides is 1. The van der Waals surface area contributed by atoms with E-state index in [0.29, 0.717) is 17.9 Å². The van der Waals surface area contributed by atoms with Gasteiger partial charge in [0.05, 0.1) is 6.26 Å². The second-order valence-electron chi connectivity index (χ2n) is 7.60. The number of benzene rings is 2. The van der Waals surface area contributed by atoms with Crippen molar-refractivity contribution in [2.24, 2.45) is 0 Å². The maximum Gasteiger partial charge on any atom is 0.271 e. The largest absolute Gasteiger partial charge is 0.484 e. The van der Waals surface area contributed by atoms with Crippen molar-refractivity contribution < 1.29 is 27.8 Å². The van der Waals surface area contributed by atoms with E-state index in [9.17, 15) is 13.2 Å². The maximum atomic E-state index is 11.6. The van der Waals surface area contributed by atoms with Crippen molar-refractivity contribution in [2.75, 3.05) is 19.7 Å². The summed E-state index contributed by atoms with van der Waals surface area (Å²) in [6.45, 7) is 7.35. The number of carbonyl (C=O) groups excluding carboxylic acids is 1. The van der Waals surface area contributed by atoms with Gasteiger partial charge in [0.25, 0.3) is 5.91 Å². The highest BCUT2D eigenvalue weighted by Gasteiger charge is 2.13. The van der Waals surface area contributed by atoms with Gasteiger partial charge >= 0.3 is 0 Å². The van der Waals surface area contributed by atoms with Crippen molar-refractivity contribution in [1.29, 1.82) is 0 Å². The van der Waals surface area contributed by atoms with E-state index in [2.05, 4.69) is 19.9 Å². The molecule has 0 atom stereocenters. The molecule has 0 radical (unpaired) electrons. The zero-order valence-electron chi connectivity index (χ0n) is 18.0. The second kappa shape index (κ2) is 9.95. The lowest BCUT2D eigenvalue weighted by Gasteiger charge is -2.17. The van der Waals surface area contributed by atoms with E-state index in [0.717, 1.165) is 34.1 Å². The van der Waals surface area contributed by atoms with Gasteiger partial charge in [-0.3, -0.25) is 9.52 Å². The zero-order valence-corrected chi connectivity index (χ0v) is 18.8. The molecule has 1 amide bonds. The molecule has 0 heterocycles. The molecular formula is C22H29NO6S. The van der Waals surface area contributed by atoms with Crippen LogP contribution in [0.1, 0.15) is 47.6 Å². The molecular weight excluding hydrogens is 406 g/mol. The van der Waals surface area contributed by atoms with Crippen LogP contribution in [0.5, 0.6) is 11.5 Å². The average Bonchev–Trinajstić information content (AvgIpc) is 2.62. The molecule has 7 nitrogen and oxygen atoms in total. The standard InChI is InChI=1S/C22H29NO6S/c1-14(2)19-10-17(6-7-21(19)29-13-24)11-20-15(3)8-18(9-16(20)4)28-12-22(25)23-30(5,26)27/h6-10,14,24H,11-13H2,1-5H3,(H,23,25). The Balaban J connectivity index is 2.18. The third-order valence-corrected chi connectivity index (χ3v) is 5.23. The third-order valence-electron chi connectivity index (χ3n) is 4.64. The van der Waals surface area contributed by atoms with Gasteiger partial charge < -0.3 is 14.6 Å². The van der Waals surface area contributed by atoms with Crippen LogP contribution in [0.25, 0.3) is 0 Å². The molecule has 0 spiro atoms. The molecule has 2 aromatic rings. The first-order chi connectivity index (χ1) is 14.0. The average molecular weight is 436 g/mol. The number of aliphatic hydroxyl groups excluding tert-OH is 1. The number of carbonyl (C=O) groups is 1. The Morgan fingerprint density at radius 3 is 2.27 bits per heavy atom. The predicted molar refractivity (Wildman–Crippen MR) is 115 cm³/mol. The summed E-state index contributed by atoms with van der Waals surface area (Å²) in [5.41, 5.74) is 5.32. The van der Waals surface area contributed by atoms with Crippen molar-refractivity contribution in [3.63, 3.8) is 0 Å². The first-order valence-corrected chi connectivity index (χ1v) is 11.5. The summed E-state index contributed by atoms with van der Waals surface area (Å²) < 4.78 is 34.8. The maximum absolute atomic E-state index is 11.6. The number of amides is 1. The first kappa shape index (κ1) is 23.7. The topological polar surface area (TPSA) is 102 Å². The fourth-order valence-electron chi connectivity index (χ4n) is 3.27. The van der Waals surface area contributed by atoms with E-state index in [1.165, 1.54) is 0 Å². The molecule has 8 heteroatoms. The third kappa shape index (κ3) is 6.74. The van der Waals surface area contributed by atoms with E-state index in [4.69, 9.17) is 14.6 Å². The molecule has 0 aliphatic carbocycles. The Bertz CT molecular complexity index is 991. The zero-order chi connectivity index (χ0) is 22.5. The van der Waals surface area contributed by atoms with Crippen LogP contribution >= 0.6 is 0 Å². The van der Waals surface area contributed by atoms with Crippen molar-refractivity contribution >= 4 is 15.9 Å². The summed E-state index contributed by atoms with van der Waals surface area (Å²) >= 11 is 0. The van der Waals surface area contributed by atoms with Crippen LogP contribution in [0.15, 0.2) is 30.3 Å². The Labute approximate surface area is 178 Å². The number of aryl methyl sites for hydroxylation is 2. The van der Waals surface area contributed by atoms with Gasteiger partial charge in [-0.25, -0.2) is 8.42 Å². The van der Waals surface area contributed by atoms with E-state index < -0.39 is 15.9 Å². The fourth-order valence-corrected chi connectivity index (χ4v) is 3.74. The lowest BCUT2D eigenvalue weighted by atomic mass is 9.93. The Morgan fingerprint density at radius 1 is 1.10 bits per heavy atom. The molecule has 0 aliphatic rings. The lowest BCUT2D eigenvalue weighted by molar-refractivity contribution is -0.121. The molecule has 0 saturated carbocycles. The monoisotopic (exact) mass is 435 g/mol. The van der Waals surface area contributed by atoms with Crippen molar-refractivity contribution in [2.45, 2.75) is 40.0 Å². The highest BCUT2D eigenvalue weighted by molar-refractivity contribution is 7.89. The minimum Gasteiger partial charge on any atom is -0.484 e. The van der Waals surface area contributed by atoms with Crippen LogP contribution in [0.3, 0.4) is 0 Å². The Hall–Kier alpha value is -2.58. The van der Waals surface area contributed by atoms with E-state index in [-0.39, 0.29) is 19.3 Å². The number of hydrogen-bond donors (Lipinski definition) is 2. The molecule has 0 fully saturated rings. The van der Waals surface area contributed by atoms with Crippen LogP contribution in [0.2, 0.25) is 0 Å². The van der Waals surface area contributed by atoms with Gasteiger partial charge in [-0.15, -0.1) is 0 Å². The van der Waals surface area contributed by atoms with Gasteiger partial charge in [0.15, 0.2) is 13.4 Å². The van der Waals surface area contributed by atoms with Gasteiger partial charge in [-0.1, -0.05) is 26.0 Å². The summed E-state index contributed by atoms with van der Waals surface area (Å²) in [6.07, 6.45) is 1.63. The van der Waals surface area contributed by atoms with E-state index in [1.54, 1.807) is 0 Å². The quantitative estimate of drug-likeness (QED) is 0.587. The summed E-state index contributed by atoms with van der Waals surface area (Å²) in [7, 11) is -3.60. The van der Waals surface area contributed by atoms with Crippen LogP contribution < -0.4 is 14.2 Å². The minimum absolute atomic E-state index is 0.252. The van der Waals surface area contributed by atoms with Crippen molar-refractivity contribution in [1.82, 2.24) is 4.72 Å². The lowest BCUT2D eigenvalue weighted by Crippen LogP contribution is -2.33. The molecule has 2 rings (SSSR count). The first-order valence-electron chi connectivity index (χ1n) is 9.60. The molecule has 0 aliphatic heterocycles. The predicted octanol–water partition coefficient (Wildman–Crippen LogP) is 2.80. The summed E-state index contributed by atoms with van der Waals surface area (Å²) in [6, 6.07) is 9.62. The van der Waals surface area contributed by atoms with Gasteiger partial charge in [-0.2, -0.15) is 0 Å². The molecule has 0 bridgehead atoms. The number of nitrogens with one attached hydrogen (secondary N) is 1. The highest BCUT2D eigenvalue weighted by atomic mass is 32.2. The second-order valence-corrected chi connectivity index (χ2v) is 9.35. The molecule has 30 heavy (non-hydrogen) atoms. The number of ether oxygens (including phenoxy) is 2. The molecule has 0 unspecified atom stereocenters. The smallest absolute Gasteiger partial charge is 0.271 e. The van der Waals surface area contributed by atoms with Gasteiger partial charge in [0.2, 0.25) is 10.0 Å². The number of aliphatic hydroxyl groups is 1. The van der Waals surface area contributed by atoms with Gasteiger partial charge in [0.1, 0.15) is 11.5 Å². The van der Waals surface area contributed by atoms with Crippen molar-refractivity contribution in [3.05, 3.63) is 58.1 Å². The summed E-state index contributed by atoms with van der Waals surface area (Å²) in [4.78, 5) is 11.6. The number of rotatable bonds is 9.